The average Bonchev–Trinajstić information content (AvgIpc) is 2.84. The Hall–Kier alpha value is -3.15. The summed E-state index contributed by atoms with van der Waals surface area (Å²) in [6, 6.07) is 26.8. The van der Waals surface area contributed by atoms with E-state index in [2.05, 4.69) is 71.0 Å². The van der Waals surface area contributed by atoms with Crippen molar-refractivity contribution < 1.29 is 14.8 Å². The van der Waals surface area contributed by atoms with Crippen LogP contribution in [0.5, 0.6) is 0 Å². The van der Waals surface area contributed by atoms with E-state index in [-0.39, 0.29) is 18.0 Å². The predicted molar refractivity (Wildman–Crippen MR) is 129 cm³/mol. The first-order valence-electron chi connectivity index (χ1n) is 11.3. The van der Waals surface area contributed by atoms with E-state index in [4.69, 9.17) is 4.74 Å². The molecule has 1 aliphatic heterocycles. The van der Waals surface area contributed by atoms with E-state index >= 15 is 0 Å². The maximum Gasteiger partial charge on any atom is 0.282 e. The monoisotopic (exact) mass is 430 g/mol. The van der Waals surface area contributed by atoms with Gasteiger partial charge in [0.05, 0.1) is 13.2 Å². The van der Waals surface area contributed by atoms with Crippen LogP contribution in [0, 0.1) is 6.92 Å². The lowest BCUT2D eigenvalue weighted by molar-refractivity contribution is -0.704. The Kier molecular flexibility index (Phi) is 7.20. The molecule has 1 amide bonds. The van der Waals surface area contributed by atoms with Crippen LogP contribution in [-0.4, -0.2) is 38.3 Å². The van der Waals surface area contributed by atoms with Gasteiger partial charge in [0.25, 0.3) is 5.91 Å². The number of nitrogens with one attached hydrogen (secondary N) is 1. The van der Waals surface area contributed by atoms with E-state index in [0.29, 0.717) is 0 Å². The van der Waals surface area contributed by atoms with Gasteiger partial charge >= 0.3 is 0 Å². The van der Waals surface area contributed by atoms with E-state index in [1.807, 2.05) is 37.3 Å². The zero-order chi connectivity index (χ0) is 22.3. The quantitative estimate of drug-likeness (QED) is 0.603. The number of benzene rings is 3. The van der Waals surface area contributed by atoms with Crippen LogP contribution in [0.3, 0.4) is 0 Å². The van der Waals surface area contributed by atoms with Crippen molar-refractivity contribution in [3.8, 4) is 0 Å². The molecule has 0 saturated carbocycles. The predicted octanol–water partition coefficient (Wildman–Crippen LogP) is 3.51. The fraction of sp³-hybridized carbons (Fsp3) is 0.296. The summed E-state index contributed by atoms with van der Waals surface area (Å²) in [5.74, 6) is -0.00262. The van der Waals surface area contributed by atoms with E-state index in [0.717, 1.165) is 37.7 Å². The van der Waals surface area contributed by atoms with Gasteiger partial charge in [0, 0.05) is 35.6 Å². The summed E-state index contributed by atoms with van der Waals surface area (Å²) >= 11 is 0. The van der Waals surface area contributed by atoms with Crippen LogP contribution in [0.15, 0.2) is 78.9 Å². The van der Waals surface area contributed by atoms with Gasteiger partial charge in [-0.3, -0.25) is 4.79 Å². The van der Waals surface area contributed by atoms with Gasteiger partial charge in [-0.25, -0.2) is 0 Å². The number of anilines is 2. The van der Waals surface area contributed by atoms with Crippen LogP contribution in [-0.2, 0) is 9.53 Å². The summed E-state index contributed by atoms with van der Waals surface area (Å²) < 4.78 is 5.42. The van der Waals surface area contributed by atoms with E-state index in [9.17, 15) is 4.79 Å². The van der Waals surface area contributed by atoms with Crippen LogP contribution in [0.25, 0.3) is 0 Å². The molecular weight excluding hydrogens is 398 g/mol. The summed E-state index contributed by atoms with van der Waals surface area (Å²) in [5.41, 5.74) is 5.59. The number of nitrogens with two attached hydrogens (primary N) is 1. The summed E-state index contributed by atoms with van der Waals surface area (Å²) in [4.78, 5) is 15.3. The molecule has 0 radical (unpaired) electrons. The molecule has 3 aromatic rings. The number of hydrogen-bond acceptors (Lipinski definition) is 3. The third-order valence-corrected chi connectivity index (χ3v) is 6.00. The summed E-state index contributed by atoms with van der Waals surface area (Å²) in [5, 5.41) is 5.21. The highest BCUT2D eigenvalue weighted by atomic mass is 16.5. The normalized spacial score (nSPS) is 15.8. The summed E-state index contributed by atoms with van der Waals surface area (Å²) in [6.45, 7) is 7.37. The maximum absolute atomic E-state index is 13.0. The fourth-order valence-electron chi connectivity index (χ4n) is 4.06. The molecule has 0 aromatic heterocycles. The Morgan fingerprint density at radius 1 is 0.906 bits per heavy atom. The molecule has 3 N–H and O–H groups in total. The number of morpholine rings is 1. The largest absolute Gasteiger partial charge is 0.378 e. The van der Waals surface area contributed by atoms with E-state index in [1.165, 1.54) is 16.7 Å². The minimum Gasteiger partial charge on any atom is -0.378 e. The summed E-state index contributed by atoms with van der Waals surface area (Å²) in [7, 11) is 0. The lowest BCUT2D eigenvalue weighted by Crippen LogP contribution is -2.92. The van der Waals surface area contributed by atoms with Crippen LogP contribution in [0.1, 0.15) is 29.7 Å². The van der Waals surface area contributed by atoms with Gasteiger partial charge in [-0.1, -0.05) is 60.2 Å². The topological polar surface area (TPSA) is 58.2 Å². The number of hydrogen-bond donors (Lipinski definition) is 2. The van der Waals surface area contributed by atoms with Crippen molar-refractivity contribution in [3.63, 3.8) is 0 Å². The molecule has 0 spiro atoms. The van der Waals surface area contributed by atoms with Crippen molar-refractivity contribution in [1.82, 2.24) is 0 Å². The molecule has 2 atom stereocenters. The number of ether oxygens (including phenoxy) is 1. The lowest BCUT2D eigenvalue weighted by Gasteiger charge is -2.29. The molecule has 1 aliphatic rings. The number of aryl methyl sites for hydroxylation is 1. The first-order chi connectivity index (χ1) is 15.6. The molecule has 1 fully saturated rings. The Bertz CT molecular complexity index is 997. The maximum atomic E-state index is 13.0. The standard InChI is InChI=1S/C27H31N3O2/c1-20-8-10-23(11-9-20)26(22-6-4-3-5-7-22)28-21(2)27(31)29-24-12-14-25(15-13-24)30-16-18-32-19-17-30/h3-15,21,26,28H,16-19H2,1-2H3,(H,29,31)/p+1/t21-,26+/m0/s1. The third kappa shape index (κ3) is 5.55. The minimum atomic E-state index is -0.250. The minimum absolute atomic E-state index is 0.00262. The SMILES string of the molecule is Cc1ccc([C@H]([NH2+][C@@H](C)C(=O)Nc2ccc(N3CCOCC3)cc2)c2ccccc2)cc1. The Labute approximate surface area is 190 Å². The summed E-state index contributed by atoms with van der Waals surface area (Å²) in [6.07, 6.45) is 0. The molecule has 0 unspecified atom stereocenters. The third-order valence-electron chi connectivity index (χ3n) is 6.00. The van der Waals surface area contributed by atoms with E-state index in [1.54, 1.807) is 0 Å². The lowest BCUT2D eigenvalue weighted by atomic mass is 9.97. The van der Waals surface area contributed by atoms with Crippen LogP contribution in [0.2, 0.25) is 0 Å². The van der Waals surface area contributed by atoms with Crippen molar-refractivity contribution in [1.29, 1.82) is 0 Å². The molecule has 0 bridgehead atoms. The fourth-order valence-corrected chi connectivity index (χ4v) is 4.06. The molecule has 166 valence electrons. The highest BCUT2D eigenvalue weighted by Crippen LogP contribution is 2.20. The zero-order valence-electron chi connectivity index (χ0n) is 18.8. The van der Waals surface area contributed by atoms with Gasteiger partial charge in [-0.05, 0) is 38.1 Å². The van der Waals surface area contributed by atoms with Gasteiger partial charge in [0.1, 0.15) is 6.04 Å². The van der Waals surface area contributed by atoms with Gasteiger partial charge in [-0.2, -0.15) is 0 Å². The Balaban J connectivity index is 1.43. The van der Waals surface area contributed by atoms with Gasteiger partial charge in [-0.15, -0.1) is 0 Å². The Morgan fingerprint density at radius 2 is 1.53 bits per heavy atom. The van der Waals surface area contributed by atoms with Gasteiger partial charge in [0.2, 0.25) is 0 Å². The molecular formula is C27H32N3O2+. The molecule has 3 aromatic carbocycles. The first-order valence-corrected chi connectivity index (χ1v) is 11.3. The number of nitrogens with zero attached hydrogens (tertiary/aromatic N) is 1. The molecule has 1 heterocycles. The smallest absolute Gasteiger partial charge is 0.282 e. The first kappa shape index (κ1) is 22.1. The highest BCUT2D eigenvalue weighted by molar-refractivity contribution is 5.93. The van der Waals surface area contributed by atoms with Crippen molar-refractivity contribution >= 4 is 17.3 Å². The average molecular weight is 431 g/mol. The van der Waals surface area contributed by atoms with Crippen LogP contribution in [0.4, 0.5) is 11.4 Å². The number of amides is 1. The van der Waals surface area contributed by atoms with Crippen molar-refractivity contribution in [2.75, 3.05) is 36.5 Å². The number of rotatable bonds is 7. The van der Waals surface area contributed by atoms with Crippen molar-refractivity contribution in [3.05, 3.63) is 95.6 Å². The Morgan fingerprint density at radius 3 is 2.19 bits per heavy atom. The van der Waals surface area contributed by atoms with Crippen LogP contribution < -0.4 is 15.5 Å². The number of carbonyl (C=O) groups is 1. The van der Waals surface area contributed by atoms with Gasteiger partial charge in [0.15, 0.2) is 6.04 Å². The van der Waals surface area contributed by atoms with Crippen molar-refractivity contribution in [2.45, 2.75) is 25.9 Å². The second kappa shape index (κ2) is 10.4. The van der Waals surface area contributed by atoms with Gasteiger partial charge < -0.3 is 20.3 Å². The number of quaternary nitrogens is 1. The zero-order valence-corrected chi connectivity index (χ0v) is 18.8. The number of carbonyl (C=O) groups excluding carboxylic acids is 1. The van der Waals surface area contributed by atoms with Crippen molar-refractivity contribution in [2.24, 2.45) is 0 Å². The molecule has 1 saturated heterocycles. The molecule has 5 nitrogen and oxygen atoms in total. The molecule has 32 heavy (non-hydrogen) atoms. The second-order valence-electron chi connectivity index (χ2n) is 8.42. The van der Waals surface area contributed by atoms with E-state index < -0.39 is 0 Å². The second-order valence-corrected chi connectivity index (χ2v) is 8.42. The highest BCUT2D eigenvalue weighted by Gasteiger charge is 2.25. The molecule has 5 heteroatoms. The molecule has 0 aliphatic carbocycles. The van der Waals surface area contributed by atoms with Crippen LogP contribution >= 0.6 is 0 Å². The molecule has 4 rings (SSSR count).